The van der Waals surface area contributed by atoms with Crippen molar-refractivity contribution in [2.24, 2.45) is 5.92 Å². The highest BCUT2D eigenvalue weighted by molar-refractivity contribution is 5.77. The maximum atomic E-state index is 12.3. The van der Waals surface area contributed by atoms with Gasteiger partial charge in [-0.05, 0) is 137 Å². The lowest BCUT2D eigenvalue weighted by molar-refractivity contribution is 0.156. The minimum atomic E-state index is -0.205. The van der Waals surface area contributed by atoms with Crippen molar-refractivity contribution < 1.29 is 15.3 Å². The number of pyridine rings is 2. The van der Waals surface area contributed by atoms with Crippen LogP contribution in [-0.4, -0.2) is 145 Å². The first-order chi connectivity index (χ1) is 38.1. The second-order valence-electron chi connectivity index (χ2n) is 22.4. The Morgan fingerprint density at radius 1 is 0.577 bits per heavy atom. The summed E-state index contributed by atoms with van der Waals surface area (Å²) in [5.74, 6) is 15.2. The summed E-state index contributed by atoms with van der Waals surface area (Å²) in [4.78, 5) is 23.8. The average molecular weight is 1050 g/mol. The Balaban J connectivity index is 0.720. The highest BCUT2D eigenvalue weighted by Gasteiger charge is 2.42. The molecule has 6 saturated heterocycles. The van der Waals surface area contributed by atoms with Crippen LogP contribution < -0.4 is 31.1 Å². The van der Waals surface area contributed by atoms with E-state index in [0.29, 0.717) is 53.2 Å². The summed E-state index contributed by atoms with van der Waals surface area (Å²) in [6.07, 6.45) is 13.5. The Morgan fingerprint density at radius 3 is 1.77 bits per heavy atom. The lowest BCUT2D eigenvalue weighted by Gasteiger charge is -2.43. The van der Waals surface area contributed by atoms with E-state index in [1.54, 1.807) is 12.1 Å². The fourth-order valence-corrected chi connectivity index (χ4v) is 13.4. The quantitative estimate of drug-likeness (QED) is 0.0916. The Kier molecular flexibility index (Phi) is 14.6. The Hall–Kier alpha value is -7.70. The molecule has 0 radical (unpaired) electrons. The second-order valence-corrected chi connectivity index (χ2v) is 22.4. The Morgan fingerprint density at radius 2 is 1.15 bits per heavy atom. The highest BCUT2D eigenvalue weighted by Crippen LogP contribution is 2.44. The molecule has 0 spiro atoms. The van der Waals surface area contributed by atoms with Gasteiger partial charge in [-0.15, -0.1) is 20.4 Å². The zero-order chi connectivity index (χ0) is 53.3. The first-order valence-electron chi connectivity index (χ1n) is 28.1. The van der Waals surface area contributed by atoms with Crippen LogP contribution in [0.3, 0.4) is 0 Å². The molecule has 6 aliphatic heterocycles. The maximum Gasteiger partial charge on any atom is 0.169 e. The van der Waals surface area contributed by atoms with E-state index in [1.807, 2.05) is 54.9 Å². The van der Waals surface area contributed by atoms with Gasteiger partial charge in [-0.3, -0.25) is 9.80 Å². The lowest BCUT2D eigenvalue weighted by Crippen LogP contribution is -2.54. The third kappa shape index (κ3) is 10.7. The van der Waals surface area contributed by atoms with Crippen molar-refractivity contribution in [1.82, 2.24) is 40.2 Å². The molecule has 10 heterocycles. The molecule has 402 valence electrons. The van der Waals surface area contributed by atoms with E-state index in [4.69, 9.17) is 16.5 Å². The monoisotopic (exact) mass is 1050 g/mol. The highest BCUT2D eigenvalue weighted by atomic mass is 16.3. The molecular weight excluding hydrogens is 977 g/mol. The van der Waals surface area contributed by atoms with Crippen molar-refractivity contribution in [3.05, 3.63) is 108 Å². The van der Waals surface area contributed by atoms with Crippen LogP contribution >= 0.6 is 0 Å². The van der Waals surface area contributed by atoms with Crippen molar-refractivity contribution in [1.29, 1.82) is 0 Å². The Labute approximate surface area is 457 Å². The molecule has 6 aromatic rings. The second kappa shape index (κ2) is 22.3. The number of aliphatic hydroxyl groups excluding tert-OH is 1. The predicted octanol–water partition coefficient (Wildman–Crippen LogP) is 7.09. The number of rotatable bonds is 9. The molecule has 17 heteroatoms. The number of para-hydroxylation sites is 2. The van der Waals surface area contributed by atoms with Gasteiger partial charge in [0.1, 0.15) is 22.9 Å². The van der Waals surface area contributed by atoms with Crippen LogP contribution in [0.4, 0.5) is 34.4 Å². The zero-order valence-corrected chi connectivity index (χ0v) is 44.5. The molecule has 0 amide bonds. The van der Waals surface area contributed by atoms with E-state index in [2.05, 4.69) is 110 Å². The lowest BCUT2D eigenvalue weighted by atomic mass is 9.96. The van der Waals surface area contributed by atoms with Crippen molar-refractivity contribution in [3.63, 3.8) is 0 Å². The van der Waals surface area contributed by atoms with Crippen LogP contribution in [-0.2, 0) is 0 Å². The van der Waals surface area contributed by atoms with Gasteiger partial charge >= 0.3 is 0 Å². The maximum absolute atomic E-state index is 12.3. The summed E-state index contributed by atoms with van der Waals surface area (Å²) < 4.78 is 0. The van der Waals surface area contributed by atoms with Crippen LogP contribution in [0.15, 0.2) is 91.3 Å². The Bertz CT molecular complexity index is 3250. The molecular formula is C61H70N14O3. The molecule has 7 unspecified atom stereocenters. The van der Waals surface area contributed by atoms with Crippen molar-refractivity contribution in [2.75, 3.05) is 90.0 Å². The van der Waals surface area contributed by atoms with E-state index in [0.717, 1.165) is 150 Å². The number of aromatic nitrogens is 6. The molecule has 7 N–H and O–H groups in total. The zero-order valence-electron chi connectivity index (χ0n) is 44.5. The van der Waals surface area contributed by atoms with E-state index in [9.17, 15) is 15.3 Å². The minimum Gasteiger partial charge on any atom is -0.507 e. The topological polar surface area (TPSA) is 210 Å². The number of nitrogens with two attached hydrogens (primary N) is 2. The summed E-state index contributed by atoms with van der Waals surface area (Å²) in [5, 5.41) is 50.6. The summed E-state index contributed by atoms with van der Waals surface area (Å²) in [6, 6.07) is 26.6. The first kappa shape index (κ1) is 51.1. The van der Waals surface area contributed by atoms with Gasteiger partial charge in [0.05, 0.1) is 42.0 Å². The number of aromatic hydroxyl groups is 2. The van der Waals surface area contributed by atoms with Gasteiger partial charge in [0, 0.05) is 110 Å². The van der Waals surface area contributed by atoms with Gasteiger partial charge in [0.25, 0.3) is 0 Å². The fourth-order valence-electron chi connectivity index (χ4n) is 13.4. The third-order valence-electron chi connectivity index (χ3n) is 17.2. The normalized spacial score (nSPS) is 24.5. The van der Waals surface area contributed by atoms with Crippen molar-refractivity contribution in [3.8, 4) is 57.7 Å². The van der Waals surface area contributed by atoms with Crippen LogP contribution in [0.1, 0.15) is 94.1 Å². The molecule has 12 rings (SSSR count). The number of aliphatic hydroxyl groups is 1. The summed E-state index contributed by atoms with van der Waals surface area (Å²) in [5.41, 5.74) is 21.9. The molecule has 0 aliphatic carbocycles. The summed E-state index contributed by atoms with van der Waals surface area (Å²) in [6.45, 7) is 9.32. The molecule has 78 heavy (non-hydrogen) atoms. The van der Waals surface area contributed by atoms with Gasteiger partial charge < -0.3 is 46.4 Å². The first-order valence-corrected chi connectivity index (χ1v) is 28.1. The van der Waals surface area contributed by atoms with E-state index in [1.165, 1.54) is 0 Å². The van der Waals surface area contributed by atoms with Gasteiger partial charge in [0.2, 0.25) is 0 Å². The number of nitrogens with zero attached hydrogens (tertiary/aromatic N) is 12. The predicted molar refractivity (Wildman–Crippen MR) is 306 cm³/mol. The van der Waals surface area contributed by atoms with Gasteiger partial charge in [-0.2, -0.15) is 0 Å². The molecule has 6 aliphatic rings. The standard InChI is InChI=1S/C61H70N14O3/c1-40-9-4-16-55(71(35-40)29-7-11-42-32-44(23-26-65-42)75-45-18-19-46(75)37-72(36-45)56-33-53(66-68-60(56)62)50-13-2-3-17-58(50)77)52-15-5-14-51(59(52)78)54-34-57(61(63)69-67-54)73-38-47-20-21-48(39-73)74(47)43-22-25-64-41(31-43)10-6-27-70-28-8-12-49(76)24-30-70/h2-3,5,13-15,17,22-23,25-26,31-34,40,45-49,55,76-78H,4,8-9,12,16,18-21,24,27-30,35-39H2,1H3,(H2,62,68)(H2,63,69). The number of piperazine rings is 2. The van der Waals surface area contributed by atoms with Crippen molar-refractivity contribution in [2.45, 2.75) is 107 Å². The molecule has 4 bridgehead atoms. The number of fused-ring (bicyclic) bond motifs is 4. The number of benzene rings is 2. The number of nitrogen functional groups attached to an aromatic ring is 2. The number of likely N-dealkylation sites (tertiary alicyclic amines) is 2. The molecule has 2 aromatic carbocycles. The van der Waals surface area contributed by atoms with E-state index >= 15 is 0 Å². The molecule has 17 nitrogen and oxygen atoms in total. The van der Waals surface area contributed by atoms with Crippen LogP contribution in [0.5, 0.6) is 11.5 Å². The number of phenols is 2. The van der Waals surface area contributed by atoms with Gasteiger partial charge in [0.15, 0.2) is 11.6 Å². The molecule has 6 fully saturated rings. The molecule has 4 aromatic heterocycles. The van der Waals surface area contributed by atoms with Crippen LogP contribution in [0.2, 0.25) is 0 Å². The van der Waals surface area contributed by atoms with E-state index in [-0.39, 0.29) is 47.8 Å². The number of hydrogen-bond donors (Lipinski definition) is 5. The third-order valence-corrected chi connectivity index (χ3v) is 17.2. The van der Waals surface area contributed by atoms with Gasteiger partial charge in [-0.25, -0.2) is 9.97 Å². The van der Waals surface area contributed by atoms with Crippen LogP contribution in [0.25, 0.3) is 22.5 Å². The largest absolute Gasteiger partial charge is 0.507 e. The summed E-state index contributed by atoms with van der Waals surface area (Å²) in [7, 11) is 0. The summed E-state index contributed by atoms with van der Waals surface area (Å²) >= 11 is 0. The number of hydrogen-bond acceptors (Lipinski definition) is 17. The van der Waals surface area contributed by atoms with Gasteiger partial charge in [-0.1, -0.05) is 49.5 Å². The minimum absolute atomic E-state index is 0.0478. The fraction of sp³-hybridized carbons (Fsp3) is 0.443. The molecule has 7 atom stereocenters. The van der Waals surface area contributed by atoms with Crippen molar-refractivity contribution >= 4 is 34.4 Å². The number of phenolic OH excluding ortho intramolecular Hbond substituents is 2. The average Bonchev–Trinajstić information content (AvgIpc) is 3.65. The molecule has 0 saturated carbocycles. The SMILES string of the molecule is CC1CCCC(c2cccc(-c3cc(N4CC5CCC(C4)N5c4ccnc(C#CCN5CCCC(O)CC5)c4)c(N)nn3)c2O)N(CC#Cc2cc(N3C4CCC3CN(c3cc(-c5ccccc5O)nnc3N)C4)ccn2)C1. The van der Waals surface area contributed by atoms with Crippen LogP contribution in [0, 0.1) is 29.6 Å². The smallest absolute Gasteiger partial charge is 0.169 e. The van der Waals surface area contributed by atoms with E-state index < -0.39 is 0 Å². The number of anilines is 6.